The number of hydrogen-bond donors (Lipinski definition) is 1. The first-order valence-corrected chi connectivity index (χ1v) is 15.4. The van der Waals surface area contributed by atoms with Crippen molar-refractivity contribution in [3.63, 3.8) is 0 Å². The molecule has 1 aliphatic rings. The average Bonchev–Trinajstić information content (AvgIpc) is 3.41. The van der Waals surface area contributed by atoms with Gasteiger partial charge in [0.1, 0.15) is 0 Å². The fraction of sp³-hybridized carbons (Fsp3) is 0.257. The largest absolute Gasteiger partial charge is 0.323 e. The number of ketones is 1. The molecule has 228 valence electrons. The van der Waals surface area contributed by atoms with Crippen LogP contribution in [0.25, 0.3) is 22.5 Å². The number of aryl methyl sites for hydroxylation is 2. The van der Waals surface area contributed by atoms with Gasteiger partial charge in [-0.2, -0.15) is 5.10 Å². The maximum Gasteiger partial charge on any atom is 0.254 e. The van der Waals surface area contributed by atoms with E-state index in [1.54, 1.807) is 39.8 Å². The van der Waals surface area contributed by atoms with E-state index in [1.165, 1.54) is 12.4 Å². The molecule has 0 spiro atoms. The second-order valence-electron chi connectivity index (χ2n) is 11.5. The zero-order valence-electron chi connectivity index (χ0n) is 25.1. The van der Waals surface area contributed by atoms with E-state index in [9.17, 15) is 14.4 Å². The highest BCUT2D eigenvalue weighted by Gasteiger charge is 2.24. The van der Waals surface area contributed by atoms with Crippen LogP contribution in [0.5, 0.6) is 0 Å². The Morgan fingerprint density at radius 2 is 1.84 bits per heavy atom. The van der Waals surface area contributed by atoms with E-state index in [2.05, 4.69) is 20.4 Å². The van der Waals surface area contributed by atoms with E-state index in [1.807, 2.05) is 56.4 Å². The molecule has 5 aromatic rings. The van der Waals surface area contributed by atoms with Gasteiger partial charge in [-0.3, -0.25) is 28.6 Å². The molecule has 1 N–H and O–H groups in total. The van der Waals surface area contributed by atoms with Crippen molar-refractivity contribution in [1.29, 1.82) is 0 Å². The Morgan fingerprint density at radius 1 is 1.02 bits per heavy atom. The molecule has 0 aliphatic carbocycles. The van der Waals surface area contributed by atoms with Crippen LogP contribution in [-0.4, -0.2) is 36.0 Å². The molecule has 0 saturated heterocycles. The lowest BCUT2D eigenvalue weighted by atomic mass is 9.96. The van der Waals surface area contributed by atoms with Gasteiger partial charge in [0.2, 0.25) is 5.91 Å². The summed E-state index contributed by atoms with van der Waals surface area (Å²) in [5.41, 5.74) is 5.07. The molecule has 2 aromatic carbocycles. The molecule has 9 nitrogen and oxygen atoms in total. The van der Waals surface area contributed by atoms with Gasteiger partial charge in [-0.15, -0.1) is 0 Å². The van der Waals surface area contributed by atoms with Gasteiger partial charge in [-0.1, -0.05) is 55.3 Å². The predicted octanol–water partition coefficient (Wildman–Crippen LogP) is 6.52. The molecule has 3 aromatic heterocycles. The average molecular weight is 621 g/mol. The number of rotatable bonds is 6. The number of Topliss-reactive ketones (excluding diaryl/α,β-unsaturated/α-hetero) is 1. The standard InChI is InChI=1S/C35H33ClN6O3/c1-22-7-6-10-31(29-17-24(15-16-37-29)34-30(40-35(22)45)20-39-41(34)2)42-21-38-28(19-33(42)44)27-18-25(36)12-13-26(27)32(43)14-11-23-8-4-3-5-9-23/h3-5,8-9,12-13,15-22,31H,6-7,10-11,14H2,1-2H3,(H,40,45)/t22-,31+/m1/s1. The number of pyridine rings is 1. The number of anilines is 1. The molecule has 10 heteroatoms. The number of aromatic nitrogens is 5. The Bertz CT molecular complexity index is 1930. The highest BCUT2D eigenvalue weighted by Crippen LogP contribution is 2.33. The molecule has 1 aliphatic heterocycles. The van der Waals surface area contributed by atoms with E-state index >= 15 is 0 Å². The number of benzene rings is 2. The lowest BCUT2D eigenvalue weighted by Crippen LogP contribution is -2.27. The molecule has 0 fully saturated rings. The monoisotopic (exact) mass is 620 g/mol. The zero-order valence-corrected chi connectivity index (χ0v) is 25.9. The summed E-state index contributed by atoms with van der Waals surface area (Å²) in [6.45, 7) is 1.90. The van der Waals surface area contributed by atoms with E-state index in [-0.39, 0.29) is 23.2 Å². The molecule has 0 saturated carbocycles. The maximum atomic E-state index is 13.8. The highest BCUT2D eigenvalue weighted by atomic mass is 35.5. The molecule has 1 amide bonds. The lowest BCUT2D eigenvalue weighted by molar-refractivity contribution is -0.119. The molecule has 6 rings (SSSR count). The van der Waals surface area contributed by atoms with Crippen LogP contribution in [0.4, 0.5) is 5.69 Å². The van der Waals surface area contributed by atoms with Crippen molar-refractivity contribution < 1.29 is 9.59 Å². The van der Waals surface area contributed by atoms with Gasteiger partial charge in [0.05, 0.1) is 41.3 Å². The van der Waals surface area contributed by atoms with Crippen molar-refractivity contribution >= 4 is 29.0 Å². The number of halogens is 1. The van der Waals surface area contributed by atoms with E-state index in [0.29, 0.717) is 65.3 Å². The van der Waals surface area contributed by atoms with Crippen LogP contribution >= 0.6 is 11.6 Å². The quantitative estimate of drug-likeness (QED) is 0.216. The Morgan fingerprint density at radius 3 is 2.64 bits per heavy atom. The Labute approximate surface area is 265 Å². The zero-order chi connectivity index (χ0) is 31.5. The van der Waals surface area contributed by atoms with Gasteiger partial charge >= 0.3 is 0 Å². The molecule has 2 bridgehead atoms. The Balaban J connectivity index is 1.36. The van der Waals surface area contributed by atoms with E-state index in [4.69, 9.17) is 11.6 Å². The summed E-state index contributed by atoms with van der Waals surface area (Å²) in [6, 6.07) is 19.7. The summed E-state index contributed by atoms with van der Waals surface area (Å²) < 4.78 is 3.30. The molecule has 45 heavy (non-hydrogen) atoms. The summed E-state index contributed by atoms with van der Waals surface area (Å²) in [4.78, 5) is 49.4. The Hall–Kier alpha value is -4.89. The minimum absolute atomic E-state index is 0.0514. The first-order chi connectivity index (χ1) is 21.8. The summed E-state index contributed by atoms with van der Waals surface area (Å²) in [6.07, 6.45) is 7.69. The summed E-state index contributed by atoms with van der Waals surface area (Å²) in [5.74, 6) is -0.360. The van der Waals surface area contributed by atoms with Crippen molar-refractivity contribution in [2.45, 2.75) is 45.1 Å². The number of fused-ring (bicyclic) bond motifs is 4. The molecular weight excluding hydrogens is 588 g/mol. The molecule has 4 heterocycles. The maximum absolute atomic E-state index is 13.8. The fourth-order valence-corrected chi connectivity index (χ4v) is 6.06. The van der Waals surface area contributed by atoms with Gasteiger partial charge in [-0.25, -0.2) is 4.98 Å². The third-order valence-corrected chi connectivity index (χ3v) is 8.60. The van der Waals surface area contributed by atoms with Crippen LogP contribution < -0.4 is 10.9 Å². The minimum Gasteiger partial charge on any atom is -0.323 e. The van der Waals surface area contributed by atoms with Gasteiger partial charge in [0.25, 0.3) is 5.56 Å². The fourth-order valence-electron chi connectivity index (χ4n) is 5.88. The summed E-state index contributed by atoms with van der Waals surface area (Å²) in [7, 11) is 1.82. The van der Waals surface area contributed by atoms with Crippen LogP contribution in [-0.2, 0) is 18.3 Å². The van der Waals surface area contributed by atoms with Gasteiger partial charge in [-0.05, 0) is 55.2 Å². The summed E-state index contributed by atoms with van der Waals surface area (Å²) >= 11 is 6.36. The van der Waals surface area contributed by atoms with Crippen molar-refractivity contribution in [2.75, 3.05) is 5.32 Å². The van der Waals surface area contributed by atoms with Crippen LogP contribution in [0.1, 0.15) is 60.3 Å². The Kier molecular flexibility index (Phi) is 8.71. The van der Waals surface area contributed by atoms with Gasteiger partial charge in [0.15, 0.2) is 5.78 Å². The van der Waals surface area contributed by atoms with E-state index < -0.39 is 6.04 Å². The van der Waals surface area contributed by atoms with Crippen LogP contribution in [0.3, 0.4) is 0 Å². The number of hydrogen-bond acceptors (Lipinski definition) is 6. The van der Waals surface area contributed by atoms with E-state index in [0.717, 1.165) is 16.8 Å². The van der Waals surface area contributed by atoms with Crippen LogP contribution in [0.15, 0.2) is 90.2 Å². The number of carbonyl (C=O) groups is 2. The van der Waals surface area contributed by atoms with Crippen LogP contribution in [0, 0.1) is 5.92 Å². The number of carbonyl (C=O) groups excluding carboxylic acids is 2. The molecule has 0 unspecified atom stereocenters. The van der Waals surface area contributed by atoms with Crippen LogP contribution in [0.2, 0.25) is 5.02 Å². The minimum atomic E-state index is -0.420. The van der Waals surface area contributed by atoms with Crippen molar-refractivity contribution in [1.82, 2.24) is 24.3 Å². The normalized spacial score (nSPS) is 16.6. The first-order valence-electron chi connectivity index (χ1n) is 15.0. The first kappa shape index (κ1) is 30.1. The smallest absolute Gasteiger partial charge is 0.254 e. The topological polar surface area (TPSA) is 112 Å². The van der Waals surface area contributed by atoms with Gasteiger partial charge < -0.3 is 5.32 Å². The molecule has 2 atom stereocenters. The third-order valence-electron chi connectivity index (χ3n) is 8.37. The van der Waals surface area contributed by atoms with Gasteiger partial charge in [0, 0.05) is 53.4 Å². The second-order valence-corrected chi connectivity index (χ2v) is 11.9. The third kappa shape index (κ3) is 6.49. The SMILES string of the molecule is C[C@@H]1CCC[C@H](n2cnc(-c3cc(Cl)ccc3C(=O)CCc3ccccc3)cc2=O)c2cc(ccn2)-c2c(cnn2C)NC1=O. The summed E-state index contributed by atoms with van der Waals surface area (Å²) in [5, 5.41) is 7.84. The molecule has 0 radical (unpaired) electrons. The number of nitrogens with one attached hydrogen (secondary N) is 1. The van der Waals surface area contributed by atoms with Crippen molar-refractivity contribution in [2.24, 2.45) is 13.0 Å². The van der Waals surface area contributed by atoms with Crippen molar-refractivity contribution in [3.8, 4) is 22.5 Å². The highest BCUT2D eigenvalue weighted by molar-refractivity contribution is 6.31. The predicted molar refractivity (Wildman–Crippen MR) is 174 cm³/mol. The molecular formula is C35H33ClN6O3. The van der Waals surface area contributed by atoms with Crippen molar-refractivity contribution in [3.05, 3.63) is 118 Å². The second kappa shape index (κ2) is 13.0. The lowest BCUT2D eigenvalue weighted by Gasteiger charge is -2.22. The number of amides is 1. The number of nitrogens with zero attached hydrogens (tertiary/aromatic N) is 5.